The zero-order valence-electron chi connectivity index (χ0n) is 19.9. The van der Waals surface area contributed by atoms with Crippen LogP contribution < -0.4 is 15.4 Å². The van der Waals surface area contributed by atoms with E-state index in [4.69, 9.17) is 25.8 Å². The summed E-state index contributed by atoms with van der Waals surface area (Å²) in [6, 6.07) is 12.5. The lowest BCUT2D eigenvalue weighted by atomic mass is 10.2. The minimum atomic E-state index is -0.816. The van der Waals surface area contributed by atoms with E-state index in [2.05, 4.69) is 15.6 Å². The quantitative estimate of drug-likeness (QED) is 0.251. The van der Waals surface area contributed by atoms with E-state index in [1.54, 1.807) is 59.7 Å². The van der Waals surface area contributed by atoms with E-state index in [0.29, 0.717) is 16.5 Å². The lowest BCUT2D eigenvalue weighted by molar-refractivity contribution is 0.0544. The molecule has 0 fully saturated rings. The number of esters is 1. The molecule has 2 aromatic rings. The highest BCUT2D eigenvalue weighted by Gasteiger charge is 2.21. The summed E-state index contributed by atoms with van der Waals surface area (Å²) in [6.07, 6.45) is -1.63. The van der Waals surface area contributed by atoms with E-state index >= 15 is 0 Å². The summed E-state index contributed by atoms with van der Waals surface area (Å²) in [5, 5.41) is 5.22. The molecule has 2 aromatic carbocycles. The molecule has 9 nitrogen and oxygen atoms in total. The highest BCUT2D eigenvalue weighted by molar-refractivity contribution is 6.30. The third-order valence-electron chi connectivity index (χ3n) is 3.59. The van der Waals surface area contributed by atoms with Gasteiger partial charge in [-0.05, 0) is 84.0 Å². The summed E-state index contributed by atoms with van der Waals surface area (Å²) in [7, 11) is 0. The summed E-state index contributed by atoms with van der Waals surface area (Å²) < 4.78 is 15.7. The summed E-state index contributed by atoms with van der Waals surface area (Å²) in [4.78, 5) is 41.0. The second-order valence-corrected chi connectivity index (χ2v) is 9.54. The highest BCUT2D eigenvalue weighted by Crippen LogP contribution is 2.20. The first-order valence-corrected chi connectivity index (χ1v) is 10.7. The van der Waals surface area contributed by atoms with Crippen LogP contribution in [0.1, 0.15) is 51.9 Å². The largest absolute Gasteiger partial charge is 0.444 e. The Morgan fingerprint density at radius 2 is 1.35 bits per heavy atom. The number of alkyl carbamates (subject to hydrolysis) is 2. The van der Waals surface area contributed by atoms with Crippen LogP contribution in [0, 0.1) is 0 Å². The molecular weight excluding hydrogens is 462 g/mol. The van der Waals surface area contributed by atoms with E-state index in [9.17, 15) is 14.4 Å². The van der Waals surface area contributed by atoms with Crippen LogP contribution in [0.2, 0.25) is 5.02 Å². The predicted octanol–water partition coefficient (Wildman–Crippen LogP) is 5.60. The van der Waals surface area contributed by atoms with Gasteiger partial charge in [-0.1, -0.05) is 17.7 Å². The molecule has 0 bridgehead atoms. The molecule has 0 radical (unpaired) electrons. The standard InChI is InChI=1S/C24H28ClN3O6/c1-23(2,3)33-21(30)27-20(28-22(31)34-24(4,5)6)26-17-12-10-15(11-13-17)19(29)32-18-9-7-8-16(25)14-18/h7-14H,1-6H3,(H2,26,27,28,30,31). The number of hydrogen-bond acceptors (Lipinski definition) is 7. The monoisotopic (exact) mass is 489 g/mol. The SMILES string of the molecule is CC(C)(C)OC(=O)NC(=Nc1ccc(C(=O)Oc2cccc(Cl)c2)cc1)NC(=O)OC(C)(C)C. The smallest absolute Gasteiger partial charge is 0.414 e. The molecule has 0 saturated heterocycles. The van der Waals surface area contributed by atoms with Gasteiger partial charge in [0.05, 0.1) is 11.3 Å². The fraction of sp³-hybridized carbons (Fsp3) is 0.333. The van der Waals surface area contributed by atoms with Crippen molar-refractivity contribution in [3.05, 3.63) is 59.1 Å². The second kappa shape index (κ2) is 11.0. The van der Waals surface area contributed by atoms with Crippen molar-refractivity contribution in [1.82, 2.24) is 10.6 Å². The van der Waals surface area contributed by atoms with Crippen LogP contribution in [0.4, 0.5) is 15.3 Å². The van der Waals surface area contributed by atoms with Gasteiger partial charge < -0.3 is 14.2 Å². The van der Waals surface area contributed by atoms with Crippen molar-refractivity contribution in [2.24, 2.45) is 4.99 Å². The number of carbonyl (C=O) groups excluding carboxylic acids is 3. The fourth-order valence-corrected chi connectivity index (χ4v) is 2.57. The van der Waals surface area contributed by atoms with Crippen LogP contribution in [0.5, 0.6) is 5.75 Å². The highest BCUT2D eigenvalue weighted by atomic mass is 35.5. The molecule has 0 aliphatic carbocycles. The molecule has 0 unspecified atom stereocenters. The molecule has 182 valence electrons. The summed E-state index contributed by atoms with van der Waals surface area (Å²) >= 11 is 5.90. The summed E-state index contributed by atoms with van der Waals surface area (Å²) in [5.41, 5.74) is -0.917. The number of guanidine groups is 1. The minimum absolute atomic E-state index is 0.210. The number of rotatable bonds is 3. The van der Waals surface area contributed by atoms with E-state index in [1.165, 1.54) is 30.3 Å². The molecule has 10 heteroatoms. The Hall–Kier alpha value is -3.59. The van der Waals surface area contributed by atoms with E-state index in [-0.39, 0.29) is 11.5 Å². The van der Waals surface area contributed by atoms with Gasteiger partial charge in [0.15, 0.2) is 0 Å². The van der Waals surface area contributed by atoms with Gasteiger partial charge in [0.2, 0.25) is 5.96 Å². The summed E-state index contributed by atoms with van der Waals surface area (Å²) in [5.74, 6) is -0.487. The number of hydrogen-bond donors (Lipinski definition) is 2. The molecule has 0 heterocycles. The zero-order chi connectivity index (χ0) is 25.5. The normalized spacial score (nSPS) is 11.1. The Kier molecular flexibility index (Phi) is 8.64. The first-order valence-electron chi connectivity index (χ1n) is 10.4. The Balaban J connectivity index is 2.18. The molecule has 0 aliphatic rings. The molecule has 2 rings (SSSR count). The van der Waals surface area contributed by atoms with Crippen molar-refractivity contribution in [1.29, 1.82) is 0 Å². The minimum Gasteiger partial charge on any atom is -0.444 e. The van der Waals surface area contributed by atoms with Crippen molar-refractivity contribution in [3.8, 4) is 5.75 Å². The van der Waals surface area contributed by atoms with Gasteiger partial charge in [-0.25, -0.2) is 19.4 Å². The fourth-order valence-electron chi connectivity index (χ4n) is 2.39. The van der Waals surface area contributed by atoms with Crippen molar-refractivity contribution in [2.45, 2.75) is 52.7 Å². The van der Waals surface area contributed by atoms with Crippen molar-refractivity contribution in [2.75, 3.05) is 0 Å². The van der Waals surface area contributed by atoms with Crippen molar-refractivity contribution >= 4 is 41.4 Å². The number of ether oxygens (including phenoxy) is 3. The molecule has 0 saturated carbocycles. The van der Waals surface area contributed by atoms with E-state index in [0.717, 1.165) is 0 Å². The number of aliphatic imine (C=N–C) groups is 1. The Bertz CT molecular complexity index is 1040. The van der Waals surface area contributed by atoms with Crippen LogP contribution in [0.15, 0.2) is 53.5 Å². The Labute approximate surface area is 203 Å². The average molecular weight is 490 g/mol. The topological polar surface area (TPSA) is 115 Å². The molecule has 0 aromatic heterocycles. The molecule has 34 heavy (non-hydrogen) atoms. The molecule has 0 atom stereocenters. The Morgan fingerprint density at radius 3 is 1.82 bits per heavy atom. The predicted molar refractivity (Wildman–Crippen MR) is 129 cm³/mol. The van der Waals surface area contributed by atoms with Crippen LogP contribution in [0.25, 0.3) is 0 Å². The maximum Gasteiger partial charge on any atom is 0.414 e. The van der Waals surface area contributed by atoms with Gasteiger partial charge in [-0.3, -0.25) is 10.6 Å². The molecular formula is C24H28ClN3O6. The molecule has 2 N–H and O–H groups in total. The maximum absolute atomic E-state index is 12.4. The van der Waals surface area contributed by atoms with Gasteiger partial charge in [0.1, 0.15) is 17.0 Å². The maximum atomic E-state index is 12.4. The van der Waals surface area contributed by atoms with Crippen LogP contribution in [-0.2, 0) is 9.47 Å². The lowest BCUT2D eigenvalue weighted by Crippen LogP contribution is -2.47. The average Bonchev–Trinajstić information content (AvgIpc) is 2.65. The van der Waals surface area contributed by atoms with Crippen molar-refractivity contribution in [3.63, 3.8) is 0 Å². The van der Waals surface area contributed by atoms with Gasteiger partial charge in [-0.2, -0.15) is 0 Å². The second-order valence-electron chi connectivity index (χ2n) is 9.11. The first-order chi connectivity index (χ1) is 15.7. The molecule has 0 spiro atoms. The van der Waals surface area contributed by atoms with Gasteiger partial charge in [0, 0.05) is 5.02 Å². The van der Waals surface area contributed by atoms with Crippen LogP contribution in [-0.4, -0.2) is 35.3 Å². The number of halogens is 1. The number of nitrogens with one attached hydrogen (secondary N) is 2. The van der Waals surface area contributed by atoms with Crippen LogP contribution in [0.3, 0.4) is 0 Å². The number of benzene rings is 2. The molecule has 0 aliphatic heterocycles. The van der Waals surface area contributed by atoms with E-state index < -0.39 is 29.4 Å². The van der Waals surface area contributed by atoms with Crippen molar-refractivity contribution < 1.29 is 28.6 Å². The first kappa shape index (κ1) is 26.7. The zero-order valence-corrected chi connectivity index (χ0v) is 20.6. The number of carbonyl (C=O) groups is 3. The van der Waals surface area contributed by atoms with Gasteiger partial charge in [0.25, 0.3) is 0 Å². The lowest BCUT2D eigenvalue weighted by Gasteiger charge is -2.22. The van der Waals surface area contributed by atoms with Gasteiger partial charge in [-0.15, -0.1) is 0 Å². The molecule has 2 amide bonds. The Morgan fingerprint density at radius 1 is 0.824 bits per heavy atom. The third-order valence-corrected chi connectivity index (χ3v) is 3.82. The van der Waals surface area contributed by atoms with Crippen LogP contribution >= 0.6 is 11.6 Å². The summed E-state index contributed by atoms with van der Waals surface area (Å²) in [6.45, 7) is 10.2. The van der Waals surface area contributed by atoms with E-state index in [1.807, 2.05) is 0 Å². The third kappa shape index (κ3) is 9.91. The number of amides is 2. The van der Waals surface area contributed by atoms with Gasteiger partial charge >= 0.3 is 18.2 Å². The number of nitrogens with zero attached hydrogens (tertiary/aromatic N) is 1.